The summed E-state index contributed by atoms with van der Waals surface area (Å²) >= 11 is 0. The number of hydrogen-bond acceptors (Lipinski definition) is 2. The average Bonchev–Trinajstić information content (AvgIpc) is 3.11. The predicted molar refractivity (Wildman–Crippen MR) is 151 cm³/mol. The summed E-state index contributed by atoms with van der Waals surface area (Å²) in [6.45, 7) is 13.8. The fourth-order valence-electron chi connectivity index (χ4n) is 4.36. The summed E-state index contributed by atoms with van der Waals surface area (Å²) in [4.78, 5) is 2.17. The van der Waals surface area contributed by atoms with Crippen LogP contribution in [0, 0.1) is 11.1 Å². The van der Waals surface area contributed by atoms with Crippen molar-refractivity contribution < 1.29 is 26.2 Å². The van der Waals surface area contributed by atoms with Gasteiger partial charge < -0.3 is 13.9 Å². The number of rotatable bonds is 5. The molecule has 0 radical (unpaired) electrons. The molecule has 2 aliphatic rings. The van der Waals surface area contributed by atoms with Crippen molar-refractivity contribution in [3.05, 3.63) is 41.5 Å². The van der Waals surface area contributed by atoms with Crippen molar-refractivity contribution in [2.45, 2.75) is 89.4 Å². The maximum Gasteiger partial charge on any atom is 0.395 e. The van der Waals surface area contributed by atoms with Crippen molar-refractivity contribution in [1.29, 1.82) is 0 Å². The Labute approximate surface area is 228 Å². The summed E-state index contributed by atoms with van der Waals surface area (Å²) < 4.78 is 15.2. The maximum absolute atomic E-state index is 13.0. The topological polar surface area (TPSA) is 23.6 Å². The van der Waals surface area contributed by atoms with Crippen LogP contribution in [0.1, 0.15) is 49.1 Å². The van der Waals surface area contributed by atoms with E-state index in [0.717, 1.165) is 6.04 Å². The van der Waals surface area contributed by atoms with E-state index in [1.54, 1.807) is 0 Å². The minimum atomic E-state index is -1.72. The Balaban J connectivity index is 0.000000450. The van der Waals surface area contributed by atoms with Crippen LogP contribution in [0.3, 0.4) is 0 Å². The van der Waals surface area contributed by atoms with Crippen molar-refractivity contribution in [1.82, 2.24) is 9.47 Å². The second-order valence-corrected chi connectivity index (χ2v) is 23.3. The van der Waals surface area contributed by atoms with Gasteiger partial charge in [0.1, 0.15) is 16.1 Å². The van der Waals surface area contributed by atoms with Gasteiger partial charge in [0.15, 0.2) is 0 Å². The number of benzene rings is 1. The summed E-state index contributed by atoms with van der Waals surface area (Å²) in [5.41, 5.74) is 10.7. The van der Waals surface area contributed by atoms with E-state index >= 15 is 0 Å². The van der Waals surface area contributed by atoms with Crippen LogP contribution in [0.15, 0.2) is 30.3 Å². The zero-order valence-corrected chi connectivity index (χ0v) is 27.6. The molecule has 1 aromatic carbocycles. The SMILES string of the molecule is CN(C)C1=CC(C[Si](=O)N(C)C2CCCCC2)c2ccccc21.C[Si](C)(C)C#C[Si](C)(C)C.[Ti]. The summed E-state index contributed by atoms with van der Waals surface area (Å²) in [6, 6.07) is 9.87. The molecule has 1 aromatic rings. The van der Waals surface area contributed by atoms with Crippen LogP contribution in [-0.4, -0.2) is 61.6 Å². The van der Waals surface area contributed by atoms with Gasteiger partial charge in [0.25, 0.3) is 0 Å². The molecule has 186 valence electrons. The van der Waals surface area contributed by atoms with Gasteiger partial charge in [-0.25, -0.2) is 0 Å². The van der Waals surface area contributed by atoms with Crippen LogP contribution in [0.4, 0.5) is 0 Å². The number of fused-ring (bicyclic) bond motifs is 1. The Morgan fingerprint density at radius 2 is 1.44 bits per heavy atom. The molecule has 2 aliphatic carbocycles. The maximum atomic E-state index is 13.0. The van der Waals surface area contributed by atoms with Crippen molar-refractivity contribution in [3.63, 3.8) is 0 Å². The van der Waals surface area contributed by atoms with E-state index in [1.165, 1.54) is 48.9 Å². The number of allylic oxidation sites excluding steroid dienone is 1. The molecule has 3 rings (SSSR count). The minimum Gasteiger partial charge on any atom is -0.377 e. The summed E-state index contributed by atoms with van der Waals surface area (Å²) in [7, 11) is 2.34. The molecular weight excluding hydrogens is 500 g/mol. The van der Waals surface area contributed by atoms with E-state index in [9.17, 15) is 4.46 Å². The fourth-order valence-corrected chi connectivity index (χ4v) is 9.03. The zero-order valence-electron chi connectivity index (χ0n) is 23.1. The molecule has 0 heterocycles. The molecule has 1 atom stereocenters. The molecule has 1 fully saturated rings. The third kappa shape index (κ3) is 10.1. The molecule has 1 saturated carbocycles. The normalized spacial score (nSPS) is 17.7. The first-order valence-corrected chi connectivity index (χ1v) is 21.1. The number of hydrogen-bond donors (Lipinski definition) is 0. The quantitative estimate of drug-likeness (QED) is 0.307. The Kier molecular flexibility index (Phi) is 12.5. The van der Waals surface area contributed by atoms with Crippen molar-refractivity contribution >= 4 is 30.7 Å². The Hall–Kier alpha value is -0.715. The second-order valence-electron chi connectivity index (χ2n) is 11.9. The molecular formula is C27H46N2OSi3Ti. The second kappa shape index (κ2) is 13.6. The van der Waals surface area contributed by atoms with Gasteiger partial charge in [0.05, 0.1) is 0 Å². The zero-order chi connectivity index (χ0) is 24.8. The van der Waals surface area contributed by atoms with Crippen LogP contribution >= 0.6 is 0 Å². The minimum absolute atomic E-state index is 0. The van der Waals surface area contributed by atoms with Gasteiger partial charge in [-0.1, -0.05) is 88.9 Å². The van der Waals surface area contributed by atoms with E-state index in [2.05, 4.69) is 111 Å². The summed E-state index contributed by atoms with van der Waals surface area (Å²) in [5, 5.41) is 0. The van der Waals surface area contributed by atoms with E-state index in [0.29, 0.717) is 12.0 Å². The van der Waals surface area contributed by atoms with Gasteiger partial charge in [-0.15, -0.1) is 11.1 Å². The van der Waals surface area contributed by atoms with Gasteiger partial charge >= 0.3 is 8.84 Å². The van der Waals surface area contributed by atoms with E-state index in [-0.39, 0.29) is 21.7 Å². The molecule has 0 aromatic heterocycles. The molecule has 0 saturated heterocycles. The van der Waals surface area contributed by atoms with Crippen molar-refractivity contribution in [3.8, 4) is 11.1 Å². The molecule has 7 heteroatoms. The molecule has 0 aliphatic heterocycles. The third-order valence-corrected chi connectivity index (χ3v) is 10.1. The molecule has 0 bridgehead atoms. The van der Waals surface area contributed by atoms with Crippen LogP contribution in [0.5, 0.6) is 0 Å². The van der Waals surface area contributed by atoms with Crippen LogP contribution in [0.25, 0.3) is 5.70 Å². The molecule has 0 spiro atoms. The van der Waals surface area contributed by atoms with Crippen LogP contribution in [-0.2, 0) is 26.2 Å². The summed E-state index contributed by atoms with van der Waals surface area (Å²) in [6.07, 6.45) is 8.67. The monoisotopic (exact) mass is 546 g/mol. The van der Waals surface area contributed by atoms with E-state index < -0.39 is 25.0 Å². The van der Waals surface area contributed by atoms with Crippen LogP contribution < -0.4 is 0 Å². The first-order valence-electron chi connectivity index (χ1n) is 12.6. The van der Waals surface area contributed by atoms with Crippen molar-refractivity contribution in [2.24, 2.45) is 0 Å². The largest absolute Gasteiger partial charge is 0.395 e. The van der Waals surface area contributed by atoms with E-state index in [4.69, 9.17) is 0 Å². The molecule has 0 amide bonds. The fraction of sp³-hybridized carbons (Fsp3) is 0.630. The molecule has 34 heavy (non-hydrogen) atoms. The molecule has 0 N–H and O–H groups in total. The smallest absolute Gasteiger partial charge is 0.377 e. The Morgan fingerprint density at radius 3 is 1.94 bits per heavy atom. The first kappa shape index (κ1) is 31.3. The third-order valence-electron chi connectivity index (χ3n) is 6.20. The molecule has 1 unspecified atom stereocenters. The first-order chi connectivity index (χ1) is 15.3. The van der Waals surface area contributed by atoms with Gasteiger partial charge in [-0.2, -0.15) is 0 Å². The predicted octanol–water partition coefficient (Wildman–Crippen LogP) is 6.61. The average molecular weight is 547 g/mol. The van der Waals surface area contributed by atoms with Gasteiger partial charge in [-0.05, 0) is 18.4 Å². The Morgan fingerprint density at radius 1 is 0.912 bits per heavy atom. The van der Waals surface area contributed by atoms with E-state index in [1.807, 2.05) is 0 Å². The Bertz CT molecular complexity index is 883. The van der Waals surface area contributed by atoms with Crippen LogP contribution in [0.2, 0.25) is 45.3 Å². The summed E-state index contributed by atoms with van der Waals surface area (Å²) in [5.74, 6) is 0.293. The van der Waals surface area contributed by atoms with Gasteiger partial charge in [-0.3, -0.25) is 0 Å². The standard InChI is InChI=1S/C19H28N2OSi.C8H18Si2.Ti/c1-20(2)19-13-15(17-11-7-8-12-18(17)19)14-23(22)21(3)16-9-5-4-6-10-16;1-9(2,3)7-8-10(4,5)6;/h7-8,11-13,15-16H,4-6,9-10,14H2,1-3H3;1-6H3;. The molecule has 3 nitrogen and oxygen atoms in total. The van der Waals surface area contributed by atoms with Crippen molar-refractivity contribution in [2.75, 3.05) is 21.1 Å². The van der Waals surface area contributed by atoms with Gasteiger partial charge in [0.2, 0.25) is 0 Å². The number of nitrogens with zero attached hydrogens (tertiary/aromatic N) is 2. The van der Waals surface area contributed by atoms with Gasteiger partial charge in [0, 0.05) is 72.1 Å².